The zero-order chi connectivity index (χ0) is 9.97. The Bertz CT molecular complexity index is 289. The van der Waals surface area contributed by atoms with Gasteiger partial charge in [-0.25, -0.2) is 0 Å². The first-order valence-corrected chi connectivity index (χ1v) is 5.61. The summed E-state index contributed by atoms with van der Waals surface area (Å²) in [6.45, 7) is 5.61. The van der Waals surface area contributed by atoms with Gasteiger partial charge >= 0.3 is 0 Å². The molecule has 2 rings (SSSR count). The first-order valence-electron chi connectivity index (χ1n) is 5.61. The molecule has 1 heterocycles. The van der Waals surface area contributed by atoms with E-state index in [2.05, 4.69) is 43.4 Å². The van der Waals surface area contributed by atoms with E-state index in [4.69, 9.17) is 0 Å². The minimum atomic E-state index is 0.598. The Morgan fingerprint density at radius 3 is 2.64 bits per heavy atom. The Balaban J connectivity index is 2.17. The summed E-state index contributed by atoms with van der Waals surface area (Å²) >= 11 is 0. The third-order valence-corrected chi connectivity index (χ3v) is 3.31. The third kappa shape index (κ3) is 1.83. The van der Waals surface area contributed by atoms with Crippen molar-refractivity contribution in [2.24, 2.45) is 5.92 Å². The van der Waals surface area contributed by atoms with Gasteiger partial charge in [0.15, 0.2) is 0 Å². The molecule has 1 aliphatic heterocycles. The van der Waals surface area contributed by atoms with Gasteiger partial charge in [0.2, 0.25) is 0 Å². The Kier molecular flexibility index (Phi) is 2.87. The van der Waals surface area contributed by atoms with E-state index in [1.807, 2.05) is 0 Å². The lowest BCUT2D eigenvalue weighted by Gasteiger charge is -2.18. The summed E-state index contributed by atoms with van der Waals surface area (Å²) in [5.74, 6) is 0.831. The quantitative estimate of drug-likeness (QED) is 0.754. The number of hydrogen-bond donors (Lipinski definition) is 1. The number of nitrogens with one attached hydrogen (secondary N) is 1. The van der Waals surface area contributed by atoms with Crippen LogP contribution in [0.25, 0.3) is 0 Å². The molecule has 2 unspecified atom stereocenters. The predicted molar refractivity (Wildman–Crippen MR) is 60.3 cm³/mol. The van der Waals surface area contributed by atoms with Crippen LogP contribution in [0.15, 0.2) is 24.3 Å². The molecule has 14 heavy (non-hydrogen) atoms. The van der Waals surface area contributed by atoms with Gasteiger partial charge in [0.25, 0.3) is 0 Å². The highest BCUT2D eigenvalue weighted by atomic mass is 14.9. The highest BCUT2D eigenvalue weighted by Gasteiger charge is 2.25. The van der Waals surface area contributed by atoms with Crippen molar-refractivity contribution in [3.8, 4) is 0 Å². The number of hydrogen-bond acceptors (Lipinski definition) is 1. The molecule has 1 heteroatoms. The van der Waals surface area contributed by atoms with E-state index in [1.54, 1.807) is 0 Å². The van der Waals surface area contributed by atoms with Crippen LogP contribution in [0.4, 0.5) is 0 Å². The average molecular weight is 189 g/mol. The average Bonchev–Trinajstić information content (AvgIpc) is 2.67. The fraction of sp³-hybridized carbons (Fsp3) is 0.538. The van der Waals surface area contributed by atoms with Crippen molar-refractivity contribution in [3.05, 3.63) is 35.4 Å². The largest absolute Gasteiger partial charge is 0.310 e. The number of aryl methyl sites for hydroxylation is 1. The summed E-state index contributed by atoms with van der Waals surface area (Å²) in [4.78, 5) is 0. The van der Waals surface area contributed by atoms with E-state index in [0.29, 0.717) is 6.04 Å². The van der Waals surface area contributed by atoms with Gasteiger partial charge in [-0.05, 0) is 31.4 Å². The minimum absolute atomic E-state index is 0.598. The van der Waals surface area contributed by atoms with Crippen molar-refractivity contribution in [1.82, 2.24) is 5.32 Å². The number of rotatable bonds is 2. The molecule has 2 atom stereocenters. The van der Waals surface area contributed by atoms with Crippen molar-refractivity contribution in [2.45, 2.75) is 32.7 Å². The molecule has 1 nitrogen and oxygen atoms in total. The second-order valence-electron chi connectivity index (χ2n) is 4.30. The highest BCUT2D eigenvalue weighted by Crippen LogP contribution is 2.31. The van der Waals surface area contributed by atoms with E-state index in [0.717, 1.165) is 5.92 Å². The molecule has 1 aromatic rings. The van der Waals surface area contributed by atoms with E-state index in [-0.39, 0.29) is 0 Å². The lowest BCUT2D eigenvalue weighted by atomic mass is 9.92. The topological polar surface area (TPSA) is 12.0 Å². The van der Waals surface area contributed by atoms with E-state index < -0.39 is 0 Å². The van der Waals surface area contributed by atoms with Crippen LogP contribution in [0, 0.1) is 12.8 Å². The molecular weight excluding hydrogens is 170 g/mol. The highest BCUT2D eigenvalue weighted by molar-refractivity contribution is 5.25. The lowest BCUT2D eigenvalue weighted by Crippen LogP contribution is -2.17. The summed E-state index contributed by atoms with van der Waals surface area (Å²) < 4.78 is 0. The standard InChI is InChI=1S/C13H19N/c1-3-11-8-9-14-13(11)12-6-4-10(2)5-7-12/h4-7,11,13-14H,3,8-9H2,1-2H3. The Morgan fingerprint density at radius 1 is 1.29 bits per heavy atom. The van der Waals surface area contributed by atoms with Gasteiger partial charge in [0.05, 0.1) is 0 Å². The van der Waals surface area contributed by atoms with Crippen LogP contribution in [-0.4, -0.2) is 6.54 Å². The minimum Gasteiger partial charge on any atom is -0.310 e. The van der Waals surface area contributed by atoms with Gasteiger partial charge in [0, 0.05) is 6.04 Å². The smallest absolute Gasteiger partial charge is 0.0349 e. The van der Waals surface area contributed by atoms with Crippen molar-refractivity contribution in [1.29, 1.82) is 0 Å². The predicted octanol–water partition coefficient (Wildman–Crippen LogP) is 3.06. The van der Waals surface area contributed by atoms with Crippen LogP contribution in [-0.2, 0) is 0 Å². The molecule has 1 N–H and O–H groups in total. The Hall–Kier alpha value is -0.820. The van der Waals surface area contributed by atoms with Crippen molar-refractivity contribution >= 4 is 0 Å². The second kappa shape index (κ2) is 4.14. The summed E-state index contributed by atoms with van der Waals surface area (Å²) in [5.41, 5.74) is 2.81. The summed E-state index contributed by atoms with van der Waals surface area (Å²) in [6.07, 6.45) is 2.61. The maximum Gasteiger partial charge on any atom is 0.0349 e. The van der Waals surface area contributed by atoms with Gasteiger partial charge < -0.3 is 5.32 Å². The first kappa shape index (κ1) is 9.72. The molecule has 0 spiro atoms. The zero-order valence-electron chi connectivity index (χ0n) is 9.09. The molecule has 1 aliphatic rings. The van der Waals surface area contributed by atoms with E-state index in [1.165, 1.54) is 30.5 Å². The van der Waals surface area contributed by atoms with Crippen LogP contribution in [0.3, 0.4) is 0 Å². The molecule has 1 aromatic carbocycles. The van der Waals surface area contributed by atoms with Gasteiger partial charge in [0.1, 0.15) is 0 Å². The molecule has 0 amide bonds. The van der Waals surface area contributed by atoms with E-state index in [9.17, 15) is 0 Å². The third-order valence-electron chi connectivity index (χ3n) is 3.31. The van der Waals surface area contributed by atoms with Crippen LogP contribution in [0.1, 0.15) is 36.9 Å². The van der Waals surface area contributed by atoms with Crippen LogP contribution in [0.2, 0.25) is 0 Å². The summed E-state index contributed by atoms with van der Waals surface area (Å²) in [7, 11) is 0. The molecule has 0 radical (unpaired) electrons. The molecule has 1 fully saturated rings. The zero-order valence-corrected chi connectivity index (χ0v) is 9.09. The van der Waals surface area contributed by atoms with Crippen LogP contribution >= 0.6 is 0 Å². The second-order valence-corrected chi connectivity index (χ2v) is 4.30. The van der Waals surface area contributed by atoms with E-state index >= 15 is 0 Å². The first-order chi connectivity index (χ1) is 6.81. The van der Waals surface area contributed by atoms with Gasteiger partial charge in [-0.15, -0.1) is 0 Å². The SMILES string of the molecule is CCC1CCNC1c1ccc(C)cc1. The fourth-order valence-electron chi connectivity index (χ4n) is 2.36. The molecule has 76 valence electrons. The molecule has 0 aliphatic carbocycles. The maximum absolute atomic E-state index is 3.59. The van der Waals surface area contributed by atoms with Gasteiger partial charge in [-0.2, -0.15) is 0 Å². The molecule has 0 bridgehead atoms. The number of benzene rings is 1. The Morgan fingerprint density at radius 2 is 2.00 bits per heavy atom. The molecule has 1 saturated heterocycles. The Labute approximate surface area is 86.5 Å². The van der Waals surface area contributed by atoms with Crippen molar-refractivity contribution in [2.75, 3.05) is 6.54 Å². The summed E-state index contributed by atoms with van der Waals surface area (Å²) in [5, 5.41) is 3.59. The molecular formula is C13H19N. The van der Waals surface area contributed by atoms with Gasteiger partial charge in [-0.1, -0.05) is 43.2 Å². The normalized spacial score (nSPS) is 26.7. The maximum atomic E-state index is 3.59. The van der Waals surface area contributed by atoms with Crippen molar-refractivity contribution < 1.29 is 0 Å². The van der Waals surface area contributed by atoms with Crippen LogP contribution < -0.4 is 5.32 Å². The summed E-state index contributed by atoms with van der Waals surface area (Å²) in [6, 6.07) is 9.55. The molecule has 0 aromatic heterocycles. The lowest BCUT2D eigenvalue weighted by molar-refractivity contribution is 0.449. The monoisotopic (exact) mass is 189 g/mol. The molecule has 0 saturated carbocycles. The fourth-order valence-corrected chi connectivity index (χ4v) is 2.36. The van der Waals surface area contributed by atoms with Gasteiger partial charge in [-0.3, -0.25) is 0 Å². The van der Waals surface area contributed by atoms with Crippen molar-refractivity contribution in [3.63, 3.8) is 0 Å². The van der Waals surface area contributed by atoms with Crippen LogP contribution in [0.5, 0.6) is 0 Å².